The van der Waals surface area contributed by atoms with E-state index >= 15 is 0 Å². The fourth-order valence-electron chi connectivity index (χ4n) is 1.90. The first kappa shape index (κ1) is 14.4. The summed E-state index contributed by atoms with van der Waals surface area (Å²) in [5.74, 6) is 0.670. The summed E-state index contributed by atoms with van der Waals surface area (Å²) in [4.78, 5) is 0.952. The number of nitrogens with zero attached hydrogens (tertiary/aromatic N) is 1. The van der Waals surface area contributed by atoms with E-state index in [1.807, 2.05) is 25.1 Å². The maximum absolute atomic E-state index is 13.6. The van der Waals surface area contributed by atoms with Crippen molar-refractivity contribution < 1.29 is 4.39 Å². The van der Waals surface area contributed by atoms with Crippen LogP contribution in [0.4, 0.5) is 10.1 Å². The highest BCUT2D eigenvalue weighted by molar-refractivity contribution is 7.99. The lowest BCUT2D eigenvalue weighted by molar-refractivity contribution is 0.613. The van der Waals surface area contributed by atoms with Crippen LogP contribution < -0.4 is 5.32 Å². The van der Waals surface area contributed by atoms with E-state index in [2.05, 4.69) is 11.4 Å². The normalized spacial score (nSPS) is 10.1. The average Bonchev–Trinajstić information content (AvgIpc) is 2.47. The molecule has 0 amide bonds. The second-order valence-corrected chi connectivity index (χ2v) is 5.47. The highest BCUT2D eigenvalue weighted by Gasteiger charge is 2.08. The summed E-state index contributed by atoms with van der Waals surface area (Å²) in [5, 5.41) is 12.4. The van der Waals surface area contributed by atoms with Crippen molar-refractivity contribution in [1.82, 2.24) is 0 Å². The first-order valence-corrected chi connectivity index (χ1v) is 7.38. The Kier molecular flexibility index (Phi) is 5.03. The molecule has 1 N–H and O–H groups in total. The molecule has 0 aliphatic heterocycles. The Bertz CT molecular complexity index is 635. The third-order valence-corrected chi connectivity index (χ3v) is 3.80. The van der Waals surface area contributed by atoms with Crippen molar-refractivity contribution in [2.75, 3.05) is 11.1 Å². The van der Waals surface area contributed by atoms with E-state index in [0.29, 0.717) is 17.7 Å². The molecule has 0 atom stereocenters. The highest BCUT2D eigenvalue weighted by atomic mass is 32.2. The molecule has 4 heteroatoms. The van der Waals surface area contributed by atoms with Gasteiger partial charge in [-0.15, -0.1) is 11.8 Å². The van der Waals surface area contributed by atoms with Crippen LogP contribution in [-0.4, -0.2) is 5.75 Å². The van der Waals surface area contributed by atoms with Gasteiger partial charge in [-0.3, -0.25) is 0 Å². The van der Waals surface area contributed by atoms with Gasteiger partial charge in [0, 0.05) is 17.0 Å². The van der Waals surface area contributed by atoms with Crippen LogP contribution in [0.2, 0.25) is 0 Å². The van der Waals surface area contributed by atoms with Crippen LogP contribution in [0.3, 0.4) is 0 Å². The van der Waals surface area contributed by atoms with Gasteiger partial charge in [-0.2, -0.15) is 5.26 Å². The Morgan fingerprint density at radius 1 is 1.20 bits per heavy atom. The number of nitrogens with one attached hydrogen (secondary N) is 1. The Morgan fingerprint density at radius 2 is 2.00 bits per heavy atom. The molecular formula is C16H15FN2S. The summed E-state index contributed by atoms with van der Waals surface area (Å²) in [6.07, 6.45) is 0. The number of hydrogen-bond donors (Lipinski definition) is 1. The Labute approximate surface area is 122 Å². The summed E-state index contributed by atoms with van der Waals surface area (Å²) in [6.45, 7) is 2.41. The molecule has 0 saturated heterocycles. The monoisotopic (exact) mass is 286 g/mol. The molecule has 2 aromatic carbocycles. The molecule has 2 aromatic rings. The summed E-state index contributed by atoms with van der Waals surface area (Å²) in [7, 11) is 0. The molecule has 0 heterocycles. The van der Waals surface area contributed by atoms with E-state index in [1.165, 1.54) is 6.07 Å². The van der Waals surface area contributed by atoms with E-state index in [0.717, 1.165) is 16.3 Å². The molecule has 2 rings (SSSR count). The molecule has 0 bridgehead atoms. The van der Waals surface area contributed by atoms with Gasteiger partial charge in [-0.25, -0.2) is 4.39 Å². The van der Waals surface area contributed by atoms with Gasteiger partial charge in [0.15, 0.2) is 0 Å². The van der Waals surface area contributed by atoms with Gasteiger partial charge < -0.3 is 5.32 Å². The second-order valence-electron chi connectivity index (χ2n) is 4.17. The Morgan fingerprint density at radius 3 is 2.70 bits per heavy atom. The SMILES string of the molecule is CCSc1cccc(NCc2ccccc2F)c1C#N. The highest BCUT2D eigenvalue weighted by Crippen LogP contribution is 2.28. The molecular weight excluding hydrogens is 271 g/mol. The smallest absolute Gasteiger partial charge is 0.128 e. The number of hydrogen-bond acceptors (Lipinski definition) is 3. The van der Waals surface area contributed by atoms with Crippen LogP contribution >= 0.6 is 11.8 Å². The van der Waals surface area contributed by atoms with Crippen molar-refractivity contribution in [3.8, 4) is 6.07 Å². The molecule has 2 nitrogen and oxygen atoms in total. The first-order chi connectivity index (χ1) is 9.76. The van der Waals surface area contributed by atoms with Crippen molar-refractivity contribution >= 4 is 17.4 Å². The third-order valence-electron chi connectivity index (χ3n) is 2.86. The van der Waals surface area contributed by atoms with Crippen molar-refractivity contribution in [2.24, 2.45) is 0 Å². The van der Waals surface area contributed by atoms with Crippen molar-refractivity contribution in [1.29, 1.82) is 5.26 Å². The number of nitriles is 1. The van der Waals surface area contributed by atoms with E-state index in [4.69, 9.17) is 0 Å². The quantitative estimate of drug-likeness (QED) is 0.826. The molecule has 0 aliphatic rings. The van der Waals surface area contributed by atoms with Crippen LogP contribution in [-0.2, 0) is 6.54 Å². The molecule has 0 radical (unpaired) electrons. The zero-order valence-electron chi connectivity index (χ0n) is 11.2. The molecule has 0 unspecified atom stereocenters. The summed E-state index contributed by atoms with van der Waals surface area (Å²) < 4.78 is 13.6. The van der Waals surface area contributed by atoms with Gasteiger partial charge in [-0.1, -0.05) is 31.2 Å². The average molecular weight is 286 g/mol. The van der Waals surface area contributed by atoms with Crippen molar-refractivity contribution in [3.63, 3.8) is 0 Å². The Hall–Kier alpha value is -1.99. The topological polar surface area (TPSA) is 35.8 Å². The maximum Gasteiger partial charge on any atom is 0.128 e. The fraction of sp³-hybridized carbons (Fsp3) is 0.188. The van der Waals surface area contributed by atoms with E-state index in [1.54, 1.807) is 30.0 Å². The molecule has 0 saturated carbocycles. The minimum atomic E-state index is -0.238. The minimum Gasteiger partial charge on any atom is -0.380 e. The molecule has 0 spiro atoms. The zero-order valence-corrected chi connectivity index (χ0v) is 12.0. The zero-order chi connectivity index (χ0) is 14.4. The lowest BCUT2D eigenvalue weighted by atomic mass is 10.1. The second kappa shape index (κ2) is 6.97. The van der Waals surface area contributed by atoms with Gasteiger partial charge in [0.25, 0.3) is 0 Å². The number of halogens is 1. The summed E-state index contributed by atoms with van der Waals surface area (Å²) in [6, 6.07) is 14.5. The van der Waals surface area contributed by atoms with E-state index < -0.39 is 0 Å². The predicted molar refractivity (Wildman–Crippen MR) is 81.3 cm³/mol. The minimum absolute atomic E-state index is 0.238. The third kappa shape index (κ3) is 3.31. The van der Waals surface area contributed by atoms with Crippen LogP contribution in [0.5, 0.6) is 0 Å². The molecule has 0 aromatic heterocycles. The lowest BCUT2D eigenvalue weighted by Gasteiger charge is -2.11. The maximum atomic E-state index is 13.6. The summed E-state index contributed by atoms with van der Waals surface area (Å²) >= 11 is 1.63. The van der Waals surface area contributed by atoms with Crippen molar-refractivity contribution in [3.05, 3.63) is 59.4 Å². The van der Waals surface area contributed by atoms with Crippen LogP contribution in [0.25, 0.3) is 0 Å². The van der Waals surface area contributed by atoms with Gasteiger partial charge >= 0.3 is 0 Å². The van der Waals surface area contributed by atoms with Crippen LogP contribution in [0, 0.1) is 17.1 Å². The van der Waals surface area contributed by atoms with Crippen LogP contribution in [0.1, 0.15) is 18.1 Å². The number of thioether (sulfide) groups is 1. The number of rotatable bonds is 5. The largest absolute Gasteiger partial charge is 0.380 e. The lowest BCUT2D eigenvalue weighted by Crippen LogP contribution is -2.03. The molecule has 0 fully saturated rings. The summed E-state index contributed by atoms with van der Waals surface area (Å²) in [5.41, 5.74) is 1.95. The van der Waals surface area contributed by atoms with Gasteiger partial charge in [0.05, 0.1) is 11.3 Å². The predicted octanol–water partition coefficient (Wildman–Crippen LogP) is 4.42. The number of benzene rings is 2. The first-order valence-electron chi connectivity index (χ1n) is 6.39. The van der Waals surface area contributed by atoms with Gasteiger partial charge in [0.2, 0.25) is 0 Å². The fourth-order valence-corrected chi connectivity index (χ4v) is 2.69. The molecule has 0 aliphatic carbocycles. The Balaban J connectivity index is 2.20. The molecule has 20 heavy (non-hydrogen) atoms. The van der Waals surface area contributed by atoms with Gasteiger partial charge in [0.1, 0.15) is 11.9 Å². The van der Waals surface area contributed by atoms with Gasteiger partial charge in [-0.05, 0) is 24.0 Å². The van der Waals surface area contributed by atoms with Crippen LogP contribution in [0.15, 0.2) is 47.4 Å². The standard InChI is InChI=1S/C16H15FN2S/c1-2-20-16-9-5-8-15(13(16)10-18)19-11-12-6-3-4-7-14(12)17/h3-9,19H,2,11H2,1H3. The van der Waals surface area contributed by atoms with E-state index in [-0.39, 0.29) is 5.82 Å². The molecule has 102 valence electrons. The number of anilines is 1. The van der Waals surface area contributed by atoms with Crippen molar-refractivity contribution in [2.45, 2.75) is 18.4 Å². The van der Waals surface area contributed by atoms with E-state index in [9.17, 15) is 9.65 Å².